The molecule has 1 amide bonds. The molecule has 0 bridgehead atoms. The van der Waals surface area contributed by atoms with Gasteiger partial charge in [0.15, 0.2) is 12.6 Å². The van der Waals surface area contributed by atoms with Crippen molar-refractivity contribution in [3.63, 3.8) is 0 Å². The smallest absolute Gasteiger partial charge is 0.220 e. The first-order valence-corrected chi connectivity index (χ1v) is 22.7. The van der Waals surface area contributed by atoms with Crippen LogP contribution in [0.5, 0.6) is 0 Å². The van der Waals surface area contributed by atoms with E-state index in [0.717, 1.165) is 51.4 Å². The molecule has 14 nitrogen and oxygen atoms in total. The fraction of sp³-hybridized carbons (Fsp3) is 0.844. The first kappa shape index (κ1) is 53.3. The molecule has 344 valence electrons. The molecule has 0 spiro atoms. The van der Waals surface area contributed by atoms with Gasteiger partial charge in [-0.3, -0.25) is 4.79 Å². The lowest BCUT2D eigenvalue weighted by Crippen LogP contribution is -2.65. The maximum Gasteiger partial charge on any atom is 0.220 e. The van der Waals surface area contributed by atoms with Gasteiger partial charge in [0.05, 0.1) is 32.0 Å². The molecule has 0 radical (unpaired) electrons. The van der Waals surface area contributed by atoms with Crippen molar-refractivity contribution >= 4 is 5.91 Å². The molecule has 2 saturated heterocycles. The fourth-order valence-electron chi connectivity index (χ4n) is 7.23. The Morgan fingerprint density at radius 1 is 0.593 bits per heavy atom. The lowest BCUT2D eigenvalue weighted by atomic mass is 9.97. The predicted octanol–water partition coefficient (Wildman–Crippen LogP) is 4.37. The number of aliphatic hydroxyl groups is 8. The summed E-state index contributed by atoms with van der Waals surface area (Å²) in [6, 6.07) is -0.931. The van der Waals surface area contributed by atoms with Crippen molar-refractivity contribution in [2.24, 2.45) is 0 Å². The van der Waals surface area contributed by atoms with Crippen LogP contribution in [0.2, 0.25) is 0 Å². The Bertz CT molecular complexity index is 1140. The van der Waals surface area contributed by atoms with E-state index in [4.69, 9.17) is 18.9 Å². The monoisotopic (exact) mass is 844 g/mol. The SMILES string of the molecule is CCCC/C=C\CCCCCCCC(=O)NC(COC1OC(CO)C(OC2OC(CO)C(O)C(O)C2O)C(O)C1O)C(O)/C=C/CC/C=C/CCCCCCCCCC. The molecule has 14 heteroatoms. The minimum Gasteiger partial charge on any atom is -0.394 e. The number of unbranched alkanes of at least 4 members (excludes halogenated alkanes) is 16. The van der Waals surface area contributed by atoms with Crippen LogP contribution in [-0.4, -0.2) is 140 Å². The first-order chi connectivity index (χ1) is 28.6. The predicted molar refractivity (Wildman–Crippen MR) is 226 cm³/mol. The molecule has 0 aromatic carbocycles. The molecule has 0 saturated carbocycles. The molecule has 0 aliphatic carbocycles. The fourth-order valence-corrected chi connectivity index (χ4v) is 7.23. The van der Waals surface area contributed by atoms with Gasteiger partial charge >= 0.3 is 0 Å². The molecular weight excluding hydrogens is 762 g/mol. The molecule has 0 aromatic heterocycles. The standard InChI is InChI=1S/C45H81NO13/c1-3-5-7-9-11-13-15-16-17-19-20-22-24-26-28-34(49)33(46-37(50)29-27-25-23-21-18-14-12-10-8-6-4-2)32-56-44-42(55)40(53)43(36(31-48)58-44)59-45-41(54)39(52)38(51)35(30-47)57-45/h10,12,19-20,26,28,33-36,38-45,47-49,51-55H,3-9,11,13-18,21-25,27,29-32H2,1-2H3,(H,46,50)/b12-10-,20-19+,28-26+. The second-order valence-electron chi connectivity index (χ2n) is 16.2. The number of aliphatic hydroxyl groups excluding tert-OH is 8. The zero-order valence-corrected chi connectivity index (χ0v) is 36.0. The third-order valence-electron chi connectivity index (χ3n) is 11.0. The summed E-state index contributed by atoms with van der Waals surface area (Å²) in [7, 11) is 0. The average Bonchev–Trinajstić information content (AvgIpc) is 3.23. The molecule has 2 heterocycles. The zero-order chi connectivity index (χ0) is 43.3. The summed E-state index contributed by atoms with van der Waals surface area (Å²) in [5, 5.41) is 86.3. The summed E-state index contributed by atoms with van der Waals surface area (Å²) in [4.78, 5) is 13.1. The highest BCUT2D eigenvalue weighted by Gasteiger charge is 2.50. The zero-order valence-electron chi connectivity index (χ0n) is 36.0. The molecule has 0 aromatic rings. The molecule has 59 heavy (non-hydrogen) atoms. The molecule has 12 atom stereocenters. The molecule has 2 aliphatic rings. The third kappa shape index (κ3) is 21.2. The van der Waals surface area contributed by atoms with Gasteiger partial charge in [0.2, 0.25) is 5.91 Å². The van der Waals surface area contributed by atoms with Crippen LogP contribution in [0.15, 0.2) is 36.5 Å². The molecule has 9 N–H and O–H groups in total. The van der Waals surface area contributed by atoms with Crippen molar-refractivity contribution in [3.05, 3.63) is 36.5 Å². The Kier molecular flexibility index (Phi) is 29.7. The molecule has 12 unspecified atom stereocenters. The van der Waals surface area contributed by atoms with Crippen molar-refractivity contribution in [1.82, 2.24) is 5.32 Å². The van der Waals surface area contributed by atoms with E-state index in [1.54, 1.807) is 6.08 Å². The maximum atomic E-state index is 13.1. The quantitative estimate of drug-likeness (QED) is 0.0331. The van der Waals surface area contributed by atoms with Gasteiger partial charge < -0.3 is 65.1 Å². The van der Waals surface area contributed by atoms with Crippen LogP contribution in [0.25, 0.3) is 0 Å². The number of carbonyl (C=O) groups excluding carboxylic acids is 1. The summed E-state index contributed by atoms with van der Waals surface area (Å²) in [6.45, 7) is 2.68. The summed E-state index contributed by atoms with van der Waals surface area (Å²) in [6.07, 6.45) is 17.7. The highest BCUT2D eigenvalue weighted by molar-refractivity contribution is 5.76. The third-order valence-corrected chi connectivity index (χ3v) is 11.0. The average molecular weight is 844 g/mol. The number of amides is 1. The van der Waals surface area contributed by atoms with Crippen molar-refractivity contribution in [1.29, 1.82) is 0 Å². The lowest BCUT2D eigenvalue weighted by molar-refractivity contribution is -0.359. The topological polar surface area (TPSA) is 228 Å². The van der Waals surface area contributed by atoms with E-state index in [1.165, 1.54) is 64.2 Å². The van der Waals surface area contributed by atoms with Gasteiger partial charge in [0.25, 0.3) is 0 Å². The van der Waals surface area contributed by atoms with Crippen molar-refractivity contribution in [3.8, 4) is 0 Å². The number of rotatable bonds is 33. The van der Waals surface area contributed by atoms with E-state index in [9.17, 15) is 45.6 Å². The van der Waals surface area contributed by atoms with Crippen molar-refractivity contribution in [2.45, 2.75) is 222 Å². The Hall–Kier alpha value is -1.79. The van der Waals surface area contributed by atoms with Crippen molar-refractivity contribution in [2.75, 3.05) is 19.8 Å². The Morgan fingerprint density at radius 2 is 1.10 bits per heavy atom. The van der Waals surface area contributed by atoms with Gasteiger partial charge in [0, 0.05) is 6.42 Å². The molecule has 2 fully saturated rings. The number of nitrogens with one attached hydrogen (secondary N) is 1. The Labute approximate surface area is 353 Å². The number of hydrogen-bond donors (Lipinski definition) is 9. The second kappa shape index (κ2) is 32.9. The molecular formula is C45H81NO13. The first-order valence-electron chi connectivity index (χ1n) is 22.7. The largest absolute Gasteiger partial charge is 0.394 e. The molecule has 2 rings (SSSR count). The Morgan fingerprint density at radius 3 is 1.71 bits per heavy atom. The van der Waals surface area contributed by atoms with E-state index in [-0.39, 0.29) is 18.9 Å². The van der Waals surface area contributed by atoms with E-state index in [0.29, 0.717) is 12.8 Å². The normalized spacial score (nSPS) is 28.8. The highest BCUT2D eigenvalue weighted by atomic mass is 16.7. The van der Waals surface area contributed by atoms with E-state index >= 15 is 0 Å². The van der Waals surface area contributed by atoms with Gasteiger partial charge in [0.1, 0.15) is 48.8 Å². The van der Waals surface area contributed by atoms with E-state index in [2.05, 4.69) is 43.5 Å². The van der Waals surface area contributed by atoms with Crippen LogP contribution in [0.4, 0.5) is 0 Å². The van der Waals surface area contributed by atoms with Gasteiger partial charge in [-0.1, -0.05) is 127 Å². The van der Waals surface area contributed by atoms with Crippen LogP contribution >= 0.6 is 0 Å². The molecule has 2 aliphatic heterocycles. The van der Waals surface area contributed by atoms with E-state index < -0.39 is 86.8 Å². The number of carbonyl (C=O) groups is 1. The van der Waals surface area contributed by atoms with Crippen LogP contribution in [0.1, 0.15) is 149 Å². The second-order valence-corrected chi connectivity index (χ2v) is 16.2. The number of hydrogen-bond acceptors (Lipinski definition) is 13. The minimum absolute atomic E-state index is 0.262. The maximum absolute atomic E-state index is 13.1. The highest BCUT2D eigenvalue weighted by Crippen LogP contribution is 2.30. The summed E-state index contributed by atoms with van der Waals surface area (Å²) in [5.74, 6) is -0.264. The van der Waals surface area contributed by atoms with Gasteiger partial charge in [-0.2, -0.15) is 0 Å². The summed E-state index contributed by atoms with van der Waals surface area (Å²) in [5.41, 5.74) is 0. The van der Waals surface area contributed by atoms with Crippen LogP contribution in [0, 0.1) is 0 Å². The minimum atomic E-state index is -1.79. The van der Waals surface area contributed by atoms with E-state index in [1.807, 2.05) is 6.08 Å². The van der Waals surface area contributed by atoms with Gasteiger partial charge in [-0.25, -0.2) is 0 Å². The summed E-state index contributed by atoms with van der Waals surface area (Å²) >= 11 is 0. The number of allylic oxidation sites excluding steroid dienone is 5. The lowest BCUT2D eigenvalue weighted by Gasteiger charge is -2.46. The summed E-state index contributed by atoms with van der Waals surface area (Å²) < 4.78 is 22.6. The van der Waals surface area contributed by atoms with Gasteiger partial charge in [-0.05, 0) is 51.4 Å². The van der Waals surface area contributed by atoms with Crippen LogP contribution in [0.3, 0.4) is 0 Å². The number of ether oxygens (including phenoxy) is 4. The van der Waals surface area contributed by atoms with Crippen molar-refractivity contribution < 1.29 is 64.6 Å². The van der Waals surface area contributed by atoms with Crippen LogP contribution in [-0.2, 0) is 23.7 Å². The van der Waals surface area contributed by atoms with Gasteiger partial charge in [-0.15, -0.1) is 0 Å². The van der Waals surface area contributed by atoms with Crippen LogP contribution < -0.4 is 5.32 Å². The Balaban J connectivity index is 1.93.